The topological polar surface area (TPSA) is 44.1 Å². The number of aromatic nitrogens is 2. The highest BCUT2D eigenvalue weighted by Crippen LogP contribution is 2.19. The van der Waals surface area contributed by atoms with Crippen molar-refractivity contribution in [2.45, 2.75) is 39.3 Å². The molecule has 0 aliphatic heterocycles. The number of hydrogen-bond donors (Lipinski definition) is 0. The van der Waals surface area contributed by atoms with Crippen molar-refractivity contribution in [2.75, 3.05) is 0 Å². The van der Waals surface area contributed by atoms with Crippen LogP contribution in [0.25, 0.3) is 0 Å². The van der Waals surface area contributed by atoms with E-state index < -0.39 is 5.82 Å². The van der Waals surface area contributed by atoms with Crippen molar-refractivity contribution in [3.63, 3.8) is 0 Å². The first-order valence-corrected chi connectivity index (χ1v) is 7.09. The molecule has 0 saturated heterocycles. The van der Waals surface area contributed by atoms with Gasteiger partial charge in [-0.15, -0.1) is 0 Å². The van der Waals surface area contributed by atoms with E-state index in [9.17, 15) is 9.18 Å². The lowest BCUT2D eigenvalue weighted by Gasteiger charge is -2.12. The van der Waals surface area contributed by atoms with Gasteiger partial charge in [0.15, 0.2) is 11.6 Å². The first-order valence-electron chi connectivity index (χ1n) is 7.09. The van der Waals surface area contributed by atoms with E-state index in [4.69, 9.17) is 4.74 Å². The minimum absolute atomic E-state index is 0.123. The quantitative estimate of drug-likeness (QED) is 0.729. The summed E-state index contributed by atoms with van der Waals surface area (Å²) in [5.74, 6) is -0.420. The first-order chi connectivity index (χ1) is 10.2. The monoisotopic (exact) mass is 290 g/mol. The van der Waals surface area contributed by atoms with Gasteiger partial charge >= 0.3 is 0 Å². The van der Waals surface area contributed by atoms with E-state index in [1.807, 2.05) is 16.9 Å². The first kappa shape index (κ1) is 15.2. The molecule has 2 rings (SSSR count). The highest BCUT2D eigenvalue weighted by atomic mass is 19.1. The van der Waals surface area contributed by atoms with Crippen LogP contribution in [0.3, 0.4) is 0 Å². The molecule has 1 heterocycles. The van der Waals surface area contributed by atoms with Crippen LogP contribution >= 0.6 is 0 Å². The highest BCUT2D eigenvalue weighted by Gasteiger charge is 2.09. The Morgan fingerprint density at radius 3 is 2.71 bits per heavy atom. The molecule has 2 aromatic rings. The zero-order valence-corrected chi connectivity index (χ0v) is 12.3. The normalized spacial score (nSPS) is 10.9. The fraction of sp³-hybridized carbons (Fsp3) is 0.375. The van der Waals surface area contributed by atoms with Crippen LogP contribution in [-0.2, 0) is 6.61 Å². The Kier molecular flexibility index (Phi) is 5.09. The summed E-state index contributed by atoms with van der Waals surface area (Å²) >= 11 is 0. The van der Waals surface area contributed by atoms with Crippen LogP contribution in [0.1, 0.15) is 48.8 Å². The molecule has 0 amide bonds. The molecule has 112 valence electrons. The third-order valence-electron chi connectivity index (χ3n) is 3.45. The molecule has 0 atom stereocenters. The predicted molar refractivity (Wildman–Crippen MR) is 78.0 cm³/mol. The summed E-state index contributed by atoms with van der Waals surface area (Å²) in [5.41, 5.74) is 1.04. The van der Waals surface area contributed by atoms with Crippen LogP contribution in [0.5, 0.6) is 5.75 Å². The molecule has 21 heavy (non-hydrogen) atoms. The smallest absolute Gasteiger partial charge is 0.165 e. The van der Waals surface area contributed by atoms with E-state index in [1.54, 1.807) is 0 Å². The summed E-state index contributed by atoms with van der Waals surface area (Å²) in [6.07, 6.45) is 4.55. The van der Waals surface area contributed by atoms with Crippen LogP contribution in [0.2, 0.25) is 0 Å². The number of aldehydes is 1. The largest absolute Gasteiger partial charge is 0.484 e. The molecule has 0 fully saturated rings. The van der Waals surface area contributed by atoms with Crippen LogP contribution in [0.4, 0.5) is 4.39 Å². The van der Waals surface area contributed by atoms with Gasteiger partial charge in [-0.3, -0.25) is 9.48 Å². The van der Waals surface area contributed by atoms with E-state index in [2.05, 4.69) is 18.9 Å². The second-order valence-electron chi connectivity index (χ2n) is 4.85. The van der Waals surface area contributed by atoms with Gasteiger partial charge in [-0.25, -0.2) is 4.39 Å². The average Bonchev–Trinajstić information content (AvgIpc) is 2.96. The Morgan fingerprint density at radius 1 is 1.33 bits per heavy atom. The van der Waals surface area contributed by atoms with Crippen molar-refractivity contribution in [3.05, 3.63) is 47.5 Å². The van der Waals surface area contributed by atoms with Crippen LogP contribution in [0, 0.1) is 5.82 Å². The van der Waals surface area contributed by atoms with Gasteiger partial charge in [-0.2, -0.15) is 5.10 Å². The standard InChI is InChI=1S/C16H19FN2O2/c1-3-14(4-2)19-8-7-13(18-19)11-21-16-6-5-12(10-20)9-15(16)17/h5-10,14H,3-4,11H2,1-2H3. The Hall–Kier alpha value is -2.17. The molecule has 1 aromatic heterocycles. The molecular formula is C16H19FN2O2. The zero-order chi connectivity index (χ0) is 15.2. The SMILES string of the molecule is CCC(CC)n1ccc(COc2ccc(C=O)cc2F)n1. The fourth-order valence-corrected chi connectivity index (χ4v) is 2.18. The summed E-state index contributed by atoms with van der Waals surface area (Å²) in [7, 11) is 0. The van der Waals surface area contributed by atoms with Gasteiger partial charge in [0.1, 0.15) is 12.9 Å². The van der Waals surface area contributed by atoms with Crippen LogP contribution in [0.15, 0.2) is 30.5 Å². The van der Waals surface area contributed by atoms with Crippen molar-refractivity contribution in [2.24, 2.45) is 0 Å². The molecule has 0 bridgehead atoms. The van der Waals surface area contributed by atoms with Gasteiger partial charge in [0.25, 0.3) is 0 Å². The van der Waals surface area contributed by atoms with Crippen LogP contribution in [-0.4, -0.2) is 16.1 Å². The minimum atomic E-state index is -0.543. The molecule has 0 N–H and O–H groups in total. The molecule has 0 unspecified atom stereocenters. The minimum Gasteiger partial charge on any atom is -0.484 e. The third kappa shape index (κ3) is 3.68. The lowest BCUT2D eigenvalue weighted by atomic mass is 10.2. The molecule has 0 aliphatic carbocycles. The number of nitrogens with zero attached hydrogens (tertiary/aromatic N) is 2. The Balaban J connectivity index is 2.01. The number of ether oxygens (including phenoxy) is 1. The van der Waals surface area contributed by atoms with E-state index in [0.717, 1.165) is 24.6 Å². The van der Waals surface area contributed by atoms with E-state index in [0.29, 0.717) is 12.3 Å². The highest BCUT2D eigenvalue weighted by molar-refractivity contribution is 5.74. The van der Waals surface area contributed by atoms with Crippen LogP contribution < -0.4 is 4.74 Å². The Morgan fingerprint density at radius 2 is 2.10 bits per heavy atom. The summed E-state index contributed by atoms with van der Waals surface area (Å²) < 4.78 is 21.0. The molecule has 0 aliphatic rings. The van der Waals surface area contributed by atoms with Crippen molar-refractivity contribution >= 4 is 6.29 Å². The van der Waals surface area contributed by atoms with Gasteiger partial charge in [0, 0.05) is 11.8 Å². The Bertz CT molecular complexity index is 606. The second-order valence-corrected chi connectivity index (χ2v) is 4.85. The van der Waals surface area contributed by atoms with Crippen molar-refractivity contribution in [1.82, 2.24) is 9.78 Å². The molecule has 4 nitrogen and oxygen atoms in total. The van der Waals surface area contributed by atoms with Crippen molar-refractivity contribution in [1.29, 1.82) is 0 Å². The Labute approximate surface area is 123 Å². The lowest BCUT2D eigenvalue weighted by molar-refractivity contribution is 0.112. The number of halogens is 1. The average molecular weight is 290 g/mol. The molecule has 0 radical (unpaired) electrons. The number of carbonyl (C=O) groups excluding carboxylic acids is 1. The number of benzene rings is 1. The summed E-state index contributed by atoms with van der Waals surface area (Å²) in [5, 5.41) is 4.44. The van der Waals surface area contributed by atoms with E-state index in [-0.39, 0.29) is 17.9 Å². The van der Waals surface area contributed by atoms with E-state index >= 15 is 0 Å². The predicted octanol–water partition coefficient (Wildman–Crippen LogP) is 3.77. The molecular weight excluding hydrogens is 271 g/mol. The molecule has 0 spiro atoms. The maximum Gasteiger partial charge on any atom is 0.165 e. The maximum absolute atomic E-state index is 13.7. The lowest BCUT2D eigenvalue weighted by Crippen LogP contribution is -2.08. The summed E-state index contributed by atoms with van der Waals surface area (Å²) in [6.45, 7) is 4.44. The number of rotatable bonds is 7. The molecule has 1 aromatic carbocycles. The van der Waals surface area contributed by atoms with Crippen molar-refractivity contribution < 1.29 is 13.9 Å². The number of carbonyl (C=O) groups is 1. The van der Waals surface area contributed by atoms with Gasteiger partial charge in [0.2, 0.25) is 0 Å². The molecule has 0 saturated carbocycles. The maximum atomic E-state index is 13.7. The number of hydrogen-bond acceptors (Lipinski definition) is 3. The molecule has 5 heteroatoms. The zero-order valence-electron chi connectivity index (χ0n) is 12.3. The van der Waals surface area contributed by atoms with Gasteiger partial charge in [-0.05, 0) is 37.1 Å². The summed E-state index contributed by atoms with van der Waals surface area (Å²) in [6, 6.07) is 6.38. The van der Waals surface area contributed by atoms with Gasteiger partial charge < -0.3 is 4.74 Å². The third-order valence-corrected chi connectivity index (χ3v) is 3.45. The second kappa shape index (κ2) is 7.02. The van der Waals surface area contributed by atoms with Gasteiger partial charge in [0.05, 0.1) is 11.7 Å². The van der Waals surface area contributed by atoms with E-state index in [1.165, 1.54) is 12.1 Å². The summed E-state index contributed by atoms with van der Waals surface area (Å²) in [4.78, 5) is 10.6. The van der Waals surface area contributed by atoms with Crippen molar-refractivity contribution in [3.8, 4) is 5.75 Å². The van der Waals surface area contributed by atoms with Gasteiger partial charge in [-0.1, -0.05) is 13.8 Å². The fourth-order valence-electron chi connectivity index (χ4n) is 2.18.